The van der Waals surface area contributed by atoms with Crippen LogP contribution in [-0.4, -0.2) is 249 Å². The van der Waals surface area contributed by atoms with Gasteiger partial charge in [-0.2, -0.15) is 19.9 Å². The monoisotopic (exact) mass is 1940 g/mol. The Morgan fingerprint density at radius 1 is 0.341 bits per heavy atom. The van der Waals surface area contributed by atoms with Gasteiger partial charge < -0.3 is 90.7 Å². The minimum absolute atomic E-state index is 0.000943. The molecule has 16 rings (SSSR count). The fraction of sp³-hybridized carbons (Fsp3) is 0.533. The second-order valence-electron chi connectivity index (χ2n) is 29.6. The van der Waals surface area contributed by atoms with Crippen LogP contribution >= 0.6 is 46.9 Å². The lowest BCUT2D eigenvalue weighted by Gasteiger charge is -2.26. The topological polar surface area (TPSA) is 889 Å². The fourth-order valence-corrected chi connectivity index (χ4v) is 20.1. The Kier molecular flexibility index (Phi) is 25.7. The lowest BCUT2D eigenvalue weighted by atomic mass is 10.2. The second kappa shape index (κ2) is 35.8. The molecule has 0 amide bonds. The average Bonchev–Trinajstić information content (AvgIpc) is 1.60. The zero-order chi connectivity index (χ0) is 92.2. The highest BCUT2D eigenvalue weighted by Gasteiger charge is 2.52. The van der Waals surface area contributed by atoms with Gasteiger partial charge in [0, 0.05) is 62.0 Å². The molecule has 0 radical (unpaired) electrons. The summed E-state index contributed by atoms with van der Waals surface area (Å²) in [6.45, 7) is -3.75. The van der Waals surface area contributed by atoms with E-state index in [2.05, 4.69) is 69.3 Å². The Balaban J connectivity index is 0.628. The molecule has 6 fully saturated rings. The van der Waals surface area contributed by atoms with Gasteiger partial charge in [0.2, 0.25) is 23.8 Å². The number of imidazole rings is 4. The predicted octanol–water partition coefficient (Wildman–Crippen LogP) is -3.73. The van der Waals surface area contributed by atoms with Gasteiger partial charge in [-0.3, -0.25) is 136 Å². The molecule has 69 heteroatoms. The van der Waals surface area contributed by atoms with Crippen molar-refractivity contribution in [3.8, 4) is 0 Å². The summed E-state index contributed by atoms with van der Waals surface area (Å²) in [5.74, 6) is -1.64. The number of nitrogen functional groups attached to an aromatic ring is 4. The van der Waals surface area contributed by atoms with Crippen LogP contribution in [0.3, 0.4) is 0 Å². The molecule has 16 heterocycles. The van der Waals surface area contributed by atoms with Gasteiger partial charge in [-0.1, -0.05) is 0 Å². The van der Waals surface area contributed by atoms with Gasteiger partial charge in [-0.25, -0.2) is 56.9 Å². The lowest BCUT2D eigenvalue weighted by molar-refractivity contribution is -0.0640. The van der Waals surface area contributed by atoms with Crippen LogP contribution in [0.2, 0.25) is 0 Å². The number of aliphatic hydroxyl groups is 1. The van der Waals surface area contributed by atoms with Crippen LogP contribution in [0.15, 0.2) is 76.1 Å². The van der Waals surface area contributed by atoms with Crippen molar-refractivity contribution in [3.05, 3.63) is 132 Å². The van der Waals surface area contributed by atoms with E-state index in [0.717, 1.165) is 58.9 Å². The third-order valence-electron chi connectivity index (χ3n) is 20.8. The molecular weight excluding hydrogens is 1870 g/mol. The van der Waals surface area contributed by atoms with E-state index in [-0.39, 0.29) is 68.2 Å². The first-order valence-electron chi connectivity index (χ1n) is 37.9. The molecule has 23 atom stereocenters. The second-order valence-corrected chi connectivity index (χ2v) is 37.9. The highest BCUT2D eigenvalue weighted by atomic mass is 31.2. The Morgan fingerprint density at radius 3 is 0.822 bits per heavy atom. The van der Waals surface area contributed by atoms with Crippen molar-refractivity contribution in [3.63, 3.8) is 0 Å². The Hall–Kier alpha value is -9.66. The van der Waals surface area contributed by atoms with Gasteiger partial charge >= 0.3 is 58.3 Å². The van der Waals surface area contributed by atoms with Gasteiger partial charge in [-0.05, 0) is 13.8 Å². The maximum Gasteiger partial charge on any atom is 0.472 e. The summed E-state index contributed by atoms with van der Waals surface area (Å²) in [7, 11) is -33.3. The highest BCUT2D eigenvalue weighted by Crippen LogP contribution is 2.57. The number of phosphoric ester groups is 6. The lowest BCUT2D eigenvalue weighted by Crippen LogP contribution is -2.33. The quantitative estimate of drug-likeness (QED) is 0.0172. The molecule has 6 aliphatic heterocycles. The number of fused-ring (bicyclic) bond motifs is 4. The van der Waals surface area contributed by atoms with Crippen LogP contribution in [-0.2, 0) is 106 Å². The molecule has 0 spiro atoms. The molecule has 63 nitrogen and oxygen atoms in total. The summed E-state index contributed by atoms with van der Waals surface area (Å²) in [6.07, 6.45) is -25.6. The fourth-order valence-electron chi connectivity index (χ4n) is 14.9. The molecule has 22 N–H and O–H groups in total. The van der Waals surface area contributed by atoms with E-state index in [4.69, 9.17) is 96.6 Å². The Bertz CT molecular complexity index is 6820. The number of aliphatic hydroxyl groups excluding tert-OH is 1. The highest BCUT2D eigenvalue weighted by molar-refractivity contribution is 7.48. The van der Waals surface area contributed by atoms with Gasteiger partial charge in [-0.15, -0.1) is 0 Å². The Labute approximate surface area is 712 Å². The van der Waals surface area contributed by atoms with E-state index >= 15 is 0 Å². The third kappa shape index (κ3) is 20.5. The number of anilines is 4. The van der Waals surface area contributed by atoms with Crippen molar-refractivity contribution in [2.24, 2.45) is 0 Å². The van der Waals surface area contributed by atoms with Crippen molar-refractivity contribution >= 4 is 115 Å². The largest absolute Gasteiger partial charge is 0.472 e. The average molecular weight is 1940 g/mol. The zero-order valence-electron chi connectivity index (χ0n) is 65.8. The minimum Gasteiger partial charge on any atom is -0.390 e. The number of phosphoric acid groups is 6. The molecule has 5 unspecified atom stereocenters. The number of hydrogen-bond acceptors (Lipinski definition) is 44. The van der Waals surface area contributed by atoms with Crippen LogP contribution < -0.4 is 67.7 Å². The summed E-state index contributed by atoms with van der Waals surface area (Å²) in [6, 6.07) is 0. The Morgan fingerprint density at radius 2 is 0.566 bits per heavy atom. The van der Waals surface area contributed by atoms with Crippen LogP contribution in [0.25, 0.3) is 44.7 Å². The summed E-state index contributed by atoms with van der Waals surface area (Å²) in [5.41, 5.74) is 14.9. The van der Waals surface area contributed by atoms with Gasteiger partial charge in [0.05, 0.1) is 71.1 Å². The van der Waals surface area contributed by atoms with Crippen molar-refractivity contribution in [2.75, 3.05) is 62.6 Å². The SMILES string of the molecule is Cc1cn([C@H]2C[C@H](OP(=O)(O)OC[C@H]3O[C@@H](n4cnc5c(=O)[nH]c(N)nc54)C[C@@H]3OP(=O)(O)OC[C@H]3O[C@@H](n4cnc5c(=O)[nH]c(N)nc54)C[C@@H]3OP(=O)(O)OC[C@H]3O[C@@H](n4cnc5c(=O)[nH]c(N)nc54)C[C@@H]3OP(=O)(O)OC[C@H]3O[C@@H](n4cnc5c(=O)[nH]c(N)nc54)C[C@@H]3OP(=O)(O)OC[C@H]3O[C@@H](n4cc(C)c(=O)[nH]c4=O)C[C@@H]3O)[C@@H](COP(=O)(O)O)O2)c(=O)[nH]c1=O. The van der Waals surface area contributed by atoms with E-state index in [9.17, 15) is 105 Å². The van der Waals surface area contributed by atoms with Gasteiger partial charge in [0.15, 0.2) is 44.7 Å². The number of nitrogens with two attached hydrogens (primary N) is 4. The number of rotatable bonds is 34. The number of aromatic nitrogens is 20. The molecule has 0 aliphatic carbocycles. The first kappa shape index (κ1) is 92.6. The molecule has 700 valence electrons. The van der Waals surface area contributed by atoms with Crippen LogP contribution in [0.4, 0.5) is 23.8 Å². The molecule has 0 saturated carbocycles. The normalized spacial score (nSPS) is 28.6. The smallest absolute Gasteiger partial charge is 0.390 e. The van der Waals surface area contributed by atoms with Crippen LogP contribution in [0, 0.1) is 13.8 Å². The number of nitrogens with one attached hydrogen (secondary N) is 6. The van der Waals surface area contributed by atoms with E-state index in [1.807, 2.05) is 4.98 Å². The number of hydrogen-bond donors (Lipinski definition) is 18. The predicted molar refractivity (Wildman–Crippen MR) is 421 cm³/mol. The molecule has 6 saturated heterocycles. The number of nitrogens with zero attached hydrogens (tertiary/aromatic N) is 14. The summed E-state index contributed by atoms with van der Waals surface area (Å²) >= 11 is 0. The molecule has 129 heavy (non-hydrogen) atoms. The molecule has 0 bridgehead atoms. The number of H-pyrrole nitrogens is 6. The molecular formula is C60H76N24O39P6. The summed E-state index contributed by atoms with van der Waals surface area (Å²) < 4.78 is 186. The van der Waals surface area contributed by atoms with Crippen molar-refractivity contribution < 1.29 is 145 Å². The van der Waals surface area contributed by atoms with Crippen LogP contribution in [0.5, 0.6) is 0 Å². The van der Waals surface area contributed by atoms with E-state index in [1.54, 1.807) is 0 Å². The van der Waals surface area contributed by atoms with Crippen molar-refractivity contribution in [1.29, 1.82) is 0 Å². The summed E-state index contributed by atoms with van der Waals surface area (Å²) in [5, 5.41) is 10.9. The first-order valence-corrected chi connectivity index (χ1v) is 46.9. The standard InChI is InChI=1S/C60H76N24O39P6/c1-21-9-79(59(92)77-49(21)86)35-3-23(85)29(113-35)11-108-125(97,98)120-25-5-37(81-17-65-41-45(81)69-55(61)73-51(41)88)115-31(25)13-110-127(101,102)122-27-7-39(83-19-67-43-47(83)71-57(63)75-53(43)90)117-33(27)15-112-129(105,106)123-28-8-40(84-20-68-44-48(84)72-58(64)76-54(44)91)118-34(28)16-111-128(103,104)121-26-6-38(82-18-66-42-46(82)70-56(62)74-52(42)89)116-32(26)14-109-126(99,100)119-24-4-36(114-30(24)12-107-124(94,95)96)80-10-22(2)50(87)78-60(80)93/h9-10,17-20,23-40,85H,3-8,11-16H2,1-2H3,(H,97,98)(H,99,100)(H,101,102)(H,103,104)(H,105,106)(H,77,86,92)(H,78,87,93)(H2,94,95,96)(H3,61,69,73,88)(H3,62,70,74,89)(H3,63,71,75,90)(H3,64,72,76,91)/t23-,24-,25-,26-,27-,28-,29+,30+,31+,32+,33+,34+,35+,36+,37+,38+,39+,40+/m0/s1. The zero-order valence-corrected chi connectivity index (χ0v) is 71.2. The number of ether oxygens (including phenoxy) is 6. The number of aryl methyl sites for hydroxylation is 2. The molecule has 6 aliphatic rings. The maximum atomic E-state index is 14.6. The summed E-state index contributed by atoms with van der Waals surface area (Å²) in [4.78, 5) is 224. The van der Waals surface area contributed by atoms with Gasteiger partial charge in [0.25, 0.3) is 33.4 Å². The maximum absolute atomic E-state index is 14.6. The first-order chi connectivity index (χ1) is 60.7. The van der Waals surface area contributed by atoms with E-state index in [0.29, 0.717) is 0 Å². The van der Waals surface area contributed by atoms with Crippen molar-refractivity contribution in [2.45, 2.75) is 163 Å². The van der Waals surface area contributed by atoms with Crippen molar-refractivity contribution in [1.82, 2.24) is 97.2 Å². The molecule has 0 aromatic carbocycles. The minimum atomic E-state index is -5.73. The third-order valence-corrected chi connectivity index (χ3v) is 26.4. The molecule has 10 aromatic heterocycles. The van der Waals surface area contributed by atoms with Gasteiger partial charge in [0.1, 0.15) is 105 Å². The number of aromatic amines is 6. The van der Waals surface area contributed by atoms with Crippen LogP contribution in [0.1, 0.15) is 87.0 Å². The molecule has 10 aromatic rings. The van der Waals surface area contributed by atoms with E-state index < -0.39 is 292 Å². The van der Waals surface area contributed by atoms with E-state index in [1.165, 1.54) is 20.0 Å².